The molecule has 0 radical (unpaired) electrons. The minimum atomic E-state index is -0.0538. The van der Waals surface area contributed by atoms with E-state index >= 15 is 0 Å². The van der Waals surface area contributed by atoms with Crippen molar-refractivity contribution in [1.29, 1.82) is 0 Å². The van der Waals surface area contributed by atoms with E-state index in [0.717, 1.165) is 63.0 Å². The zero-order valence-electron chi connectivity index (χ0n) is 14.6. The summed E-state index contributed by atoms with van der Waals surface area (Å²) in [6.45, 7) is 4.90. The van der Waals surface area contributed by atoms with Crippen molar-refractivity contribution in [3.8, 4) is 0 Å². The second kappa shape index (κ2) is 7.32. The highest BCUT2D eigenvalue weighted by molar-refractivity contribution is 14.1. The van der Waals surface area contributed by atoms with Crippen molar-refractivity contribution in [1.82, 2.24) is 9.88 Å². The molecule has 1 aliphatic rings. The smallest absolute Gasteiger partial charge is 0.256 e. The standard InChI is InChI=1S/C21H20IN3O/c1-2-25-12-11-18-15(13-25)20(14-7-3-5-9-17(14)23-18)21(26)24-19-10-6-4-8-16(19)22/h3-10H,2,11-13H2,1H3,(H,24,26). The maximum absolute atomic E-state index is 13.3. The van der Waals surface area contributed by atoms with Crippen LogP contribution in [0.15, 0.2) is 48.5 Å². The van der Waals surface area contributed by atoms with Gasteiger partial charge in [-0.15, -0.1) is 0 Å². The molecule has 1 aromatic heterocycles. The average Bonchev–Trinajstić information content (AvgIpc) is 2.67. The number of rotatable bonds is 3. The third-order valence-corrected chi connectivity index (χ3v) is 5.86. The highest BCUT2D eigenvalue weighted by atomic mass is 127. The molecule has 4 rings (SSSR count). The molecule has 0 spiro atoms. The summed E-state index contributed by atoms with van der Waals surface area (Å²) in [5, 5.41) is 4.03. The number of amides is 1. The van der Waals surface area contributed by atoms with Gasteiger partial charge in [0.25, 0.3) is 5.91 Å². The Bertz CT molecular complexity index is 986. The van der Waals surface area contributed by atoms with E-state index in [4.69, 9.17) is 4.98 Å². The second-order valence-electron chi connectivity index (χ2n) is 6.48. The van der Waals surface area contributed by atoms with E-state index in [1.54, 1.807) is 0 Å². The van der Waals surface area contributed by atoms with E-state index < -0.39 is 0 Å². The fourth-order valence-corrected chi connectivity index (χ4v) is 4.04. The number of carbonyl (C=O) groups excluding carboxylic acids is 1. The largest absolute Gasteiger partial charge is 0.321 e. The van der Waals surface area contributed by atoms with Crippen LogP contribution in [0.25, 0.3) is 10.9 Å². The second-order valence-corrected chi connectivity index (χ2v) is 7.64. The Hall–Kier alpha value is -1.99. The molecule has 0 saturated heterocycles. The van der Waals surface area contributed by atoms with Crippen LogP contribution in [0.4, 0.5) is 5.69 Å². The van der Waals surface area contributed by atoms with Crippen LogP contribution in [0.2, 0.25) is 0 Å². The van der Waals surface area contributed by atoms with E-state index in [2.05, 4.69) is 39.7 Å². The van der Waals surface area contributed by atoms with Crippen LogP contribution in [0.5, 0.6) is 0 Å². The number of para-hydroxylation sites is 2. The fourth-order valence-electron chi connectivity index (χ4n) is 3.52. The van der Waals surface area contributed by atoms with Crippen molar-refractivity contribution in [2.75, 3.05) is 18.4 Å². The molecule has 4 nitrogen and oxygen atoms in total. The minimum absolute atomic E-state index is 0.0538. The van der Waals surface area contributed by atoms with Gasteiger partial charge in [-0.05, 0) is 47.3 Å². The van der Waals surface area contributed by atoms with E-state index in [1.165, 1.54) is 0 Å². The molecule has 0 unspecified atom stereocenters. The van der Waals surface area contributed by atoms with Crippen LogP contribution in [0.1, 0.15) is 28.5 Å². The number of hydrogen-bond acceptors (Lipinski definition) is 3. The Kier molecular flexibility index (Phi) is 4.91. The predicted molar refractivity (Wildman–Crippen MR) is 114 cm³/mol. The summed E-state index contributed by atoms with van der Waals surface area (Å²) in [4.78, 5) is 20.5. The summed E-state index contributed by atoms with van der Waals surface area (Å²) < 4.78 is 1.03. The van der Waals surface area contributed by atoms with Gasteiger partial charge in [0.2, 0.25) is 0 Å². The molecular weight excluding hydrogens is 437 g/mol. The Morgan fingerprint density at radius 3 is 2.77 bits per heavy atom. The fraction of sp³-hybridized carbons (Fsp3) is 0.238. The van der Waals surface area contributed by atoms with Gasteiger partial charge in [-0.3, -0.25) is 14.7 Å². The molecule has 2 heterocycles. The van der Waals surface area contributed by atoms with Gasteiger partial charge in [-0.25, -0.2) is 0 Å². The van der Waals surface area contributed by atoms with Gasteiger partial charge in [0.15, 0.2) is 0 Å². The molecule has 3 aromatic rings. The first-order chi connectivity index (χ1) is 12.7. The summed E-state index contributed by atoms with van der Waals surface area (Å²) in [5.74, 6) is -0.0538. The van der Waals surface area contributed by atoms with Crippen LogP contribution in [-0.4, -0.2) is 28.9 Å². The van der Waals surface area contributed by atoms with Gasteiger partial charge in [0.1, 0.15) is 0 Å². The average molecular weight is 457 g/mol. The monoisotopic (exact) mass is 457 g/mol. The van der Waals surface area contributed by atoms with Crippen molar-refractivity contribution in [2.45, 2.75) is 19.9 Å². The number of aromatic nitrogens is 1. The lowest BCUT2D eigenvalue weighted by molar-refractivity contribution is 0.102. The number of nitrogens with zero attached hydrogens (tertiary/aromatic N) is 2. The summed E-state index contributed by atoms with van der Waals surface area (Å²) in [5.41, 5.74) is 4.63. The number of fused-ring (bicyclic) bond motifs is 2. The zero-order valence-corrected chi connectivity index (χ0v) is 16.8. The molecule has 0 saturated carbocycles. The predicted octanol–water partition coefficient (Wildman–Crippen LogP) is 4.47. The number of hydrogen-bond donors (Lipinski definition) is 1. The number of likely N-dealkylation sites (N-methyl/N-ethyl adjacent to an activating group) is 1. The Morgan fingerprint density at radius 2 is 1.96 bits per heavy atom. The Balaban J connectivity index is 1.84. The molecular formula is C21H20IN3O. The van der Waals surface area contributed by atoms with E-state index in [1.807, 2.05) is 48.5 Å². The van der Waals surface area contributed by atoms with Crippen LogP contribution >= 0.6 is 22.6 Å². The summed E-state index contributed by atoms with van der Waals surface area (Å²) in [6.07, 6.45) is 0.886. The molecule has 1 amide bonds. The third kappa shape index (κ3) is 3.21. The summed E-state index contributed by atoms with van der Waals surface area (Å²) in [6, 6.07) is 15.8. The van der Waals surface area contributed by atoms with Crippen LogP contribution in [0, 0.1) is 3.57 Å². The maximum atomic E-state index is 13.3. The molecule has 2 aromatic carbocycles. The van der Waals surface area contributed by atoms with Crippen LogP contribution < -0.4 is 5.32 Å². The molecule has 0 atom stereocenters. The lowest BCUT2D eigenvalue weighted by Gasteiger charge is -2.29. The number of halogens is 1. The topological polar surface area (TPSA) is 45.2 Å². The molecule has 0 fully saturated rings. The van der Waals surface area contributed by atoms with Gasteiger partial charge >= 0.3 is 0 Å². The quantitative estimate of drug-likeness (QED) is 0.591. The van der Waals surface area contributed by atoms with E-state index in [-0.39, 0.29) is 5.91 Å². The van der Waals surface area contributed by atoms with Gasteiger partial charge in [0, 0.05) is 39.7 Å². The number of anilines is 1. The lowest BCUT2D eigenvalue weighted by Crippen LogP contribution is -2.33. The molecule has 0 aliphatic carbocycles. The number of carbonyl (C=O) groups is 1. The van der Waals surface area contributed by atoms with Crippen molar-refractivity contribution in [3.63, 3.8) is 0 Å². The Labute approximate surface area is 166 Å². The van der Waals surface area contributed by atoms with Crippen molar-refractivity contribution in [2.24, 2.45) is 0 Å². The zero-order chi connectivity index (χ0) is 18.1. The highest BCUT2D eigenvalue weighted by Gasteiger charge is 2.25. The summed E-state index contributed by atoms with van der Waals surface area (Å²) >= 11 is 2.25. The third-order valence-electron chi connectivity index (χ3n) is 4.92. The first kappa shape index (κ1) is 17.4. The van der Waals surface area contributed by atoms with Gasteiger partial charge in [-0.1, -0.05) is 37.3 Å². The Morgan fingerprint density at radius 1 is 1.19 bits per heavy atom. The lowest BCUT2D eigenvalue weighted by atomic mass is 9.95. The summed E-state index contributed by atoms with van der Waals surface area (Å²) in [7, 11) is 0. The first-order valence-electron chi connectivity index (χ1n) is 8.86. The SMILES string of the molecule is CCN1CCc2nc3ccccc3c(C(=O)Nc3ccccc3I)c2C1. The molecule has 132 valence electrons. The van der Waals surface area contributed by atoms with Crippen LogP contribution in [0.3, 0.4) is 0 Å². The molecule has 1 N–H and O–H groups in total. The van der Waals surface area contributed by atoms with Crippen molar-refractivity contribution >= 4 is 45.1 Å². The van der Waals surface area contributed by atoms with Gasteiger partial charge < -0.3 is 5.32 Å². The van der Waals surface area contributed by atoms with Gasteiger partial charge in [-0.2, -0.15) is 0 Å². The number of nitrogens with one attached hydrogen (secondary N) is 1. The van der Waals surface area contributed by atoms with Crippen LogP contribution in [-0.2, 0) is 13.0 Å². The first-order valence-corrected chi connectivity index (χ1v) is 9.94. The molecule has 1 aliphatic heterocycles. The number of benzene rings is 2. The number of pyridine rings is 1. The maximum Gasteiger partial charge on any atom is 0.256 e. The molecule has 5 heteroatoms. The normalized spacial score (nSPS) is 14.2. The van der Waals surface area contributed by atoms with Crippen molar-refractivity contribution in [3.05, 3.63) is 68.9 Å². The van der Waals surface area contributed by atoms with Gasteiger partial charge in [0.05, 0.1) is 16.8 Å². The van der Waals surface area contributed by atoms with Crippen molar-refractivity contribution < 1.29 is 4.79 Å². The minimum Gasteiger partial charge on any atom is -0.321 e. The van der Waals surface area contributed by atoms with E-state index in [0.29, 0.717) is 0 Å². The highest BCUT2D eigenvalue weighted by Crippen LogP contribution is 2.29. The molecule has 0 bridgehead atoms. The molecule has 26 heavy (non-hydrogen) atoms. The van der Waals surface area contributed by atoms with E-state index in [9.17, 15) is 4.79 Å².